The second-order valence-electron chi connectivity index (χ2n) is 4.43. The molecular weight excluding hydrogens is 290 g/mol. The molecule has 0 radical (unpaired) electrons. The van der Waals surface area contributed by atoms with E-state index in [0.29, 0.717) is 35.4 Å². The first-order valence-electron chi connectivity index (χ1n) is 6.47. The maximum absolute atomic E-state index is 6.26. The molecule has 0 unspecified atom stereocenters. The third-order valence-electron chi connectivity index (χ3n) is 3.00. The SMILES string of the molecule is COCCn1cnc2nc(Nc3ccccc3)nc(Cl)c21. The van der Waals surface area contributed by atoms with Crippen molar-refractivity contribution >= 4 is 34.4 Å². The largest absolute Gasteiger partial charge is 0.383 e. The fourth-order valence-corrected chi connectivity index (χ4v) is 2.27. The maximum Gasteiger partial charge on any atom is 0.230 e. The molecule has 0 amide bonds. The van der Waals surface area contributed by atoms with Gasteiger partial charge in [0.15, 0.2) is 10.8 Å². The Labute approximate surface area is 126 Å². The van der Waals surface area contributed by atoms with Crippen molar-refractivity contribution < 1.29 is 4.74 Å². The highest BCUT2D eigenvalue weighted by molar-refractivity contribution is 6.33. The van der Waals surface area contributed by atoms with Gasteiger partial charge in [0, 0.05) is 19.3 Å². The van der Waals surface area contributed by atoms with Crippen LogP contribution in [0, 0.1) is 0 Å². The van der Waals surface area contributed by atoms with Gasteiger partial charge in [-0.15, -0.1) is 0 Å². The molecule has 108 valence electrons. The number of fused-ring (bicyclic) bond motifs is 1. The average Bonchev–Trinajstić information content (AvgIpc) is 2.89. The van der Waals surface area contributed by atoms with E-state index in [1.807, 2.05) is 34.9 Å². The Morgan fingerprint density at radius 3 is 2.81 bits per heavy atom. The summed E-state index contributed by atoms with van der Waals surface area (Å²) in [5.41, 5.74) is 2.17. The minimum atomic E-state index is 0.368. The Morgan fingerprint density at radius 1 is 1.24 bits per heavy atom. The van der Waals surface area contributed by atoms with Crippen LogP contribution in [-0.2, 0) is 11.3 Å². The summed E-state index contributed by atoms with van der Waals surface area (Å²) < 4.78 is 6.94. The highest BCUT2D eigenvalue weighted by Gasteiger charge is 2.12. The molecule has 3 rings (SSSR count). The number of methoxy groups -OCH3 is 1. The van der Waals surface area contributed by atoms with Crippen molar-refractivity contribution in [2.45, 2.75) is 6.54 Å². The summed E-state index contributed by atoms with van der Waals surface area (Å²) in [5, 5.41) is 3.48. The van der Waals surface area contributed by atoms with Crippen molar-refractivity contribution in [3.05, 3.63) is 41.8 Å². The summed E-state index contributed by atoms with van der Waals surface area (Å²) in [4.78, 5) is 12.9. The highest BCUT2D eigenvalue weighted by atomic mass is 35.5. The highest BCUT2D eigenvalue weighted by Crippen LogP contribution is 2.22. The second kappa shape index (κ2) is 6.07. The Bertz CT molecular complexity index is 744. The monoisotopic (exact) mass is 303 g/mol. The lowest BCUT2D eigenvalue weighted by molar-refractivity contribution is 0.188. The van der Waals surface area contributed by atoms with Gasteiger partial charge in [0.1, 0.15) is 5.52 Å². The molecule has 0 saturated heterocycles. The van der Waals surface area contributed by atoms with E-state index in [1.165, 1.54) is 0 Å². The van der Waals surface area contributed by atoms with E-state index in [-0.39, 0.29) is 0 Å². The lowest BCUT2D eigenvalue weighted by Crippen LogP contribution is -2.04. The van der Waals surface area contributed by atoms with E-state index in [9.17, 15) is 0 Å². The molecule has 1 aromatic carbocycles. The van der Waals surface area contributed by atoms with E-state index in [4.69, 9.17) is 16.3 Å². The normalized spacial score (nSPS) is 11.0. The first-order chi connectivity index (χ1) is 10.3. The summed E-state index contributed by atoms with van der Waals surface area (Å²) in [6.45, 7) is 1.23. The smallest absolute Gasteiger partial charge is 0.230 e. The van der Waals surface area contributed by atoms with E-state index in [0.717, 1.165) is 5.69 Å². The van der Waals surface area contributed by atoms with Crippen molar-refractivity contribution in [3.63, 3.8) is 0 Å². The van der Waals surface area contributed by atoms with Gasteiger partial charge >= 0.3 is 0 Å². The third kappa shape index (κ3) is 2.96. The van der Waals surface area contributed by atoms with Gasteiger partial charge in [-0.3, -0.25) is 0 Å². The molecule has 0 aliphatic heterocycles. The number of benzene rings is 1. The van der Waals surface area contributed by atoms with Crippen LogP contribution < -0.4 is 5.32 Å². The number of hydrogen-bond donors (Lipinski definition) is 1. The van der Waals surface area contributed by atoms with Crippen LogP contribution in [0.4, 0.5) is 11.6 Å². The molecule has 3 aromatic rings. The topological polar surface area (TPSA) is 64.9 Å². The van der Waals surface area contributed by atoms with Crippen LogP contribution in [0.1, 0.15) is 0 Å². The molecule has 7 heteroatoms. The van der Waals surface area contributed by atoms with E-state index in [1.54, 1.807) is 13.4 Å². The molecule has 0 fully saturated rings. The number of rotatable bonds is 5. The van der Waals surface area contributed by atoms with Crippen LogP contribution in [-0.4, -0.2) is 33.2 Å². The number of hydrogen-bond acceptors (Lipinski definition) is 5. The van der Waals surface area contributed by atoms with Crippen LogP contribution in [0.15, 0.2) is 36.7 Å². The number of ether oxygens (including phenoxy) is 1. The minimum absolute atomic E-state index is 0.368. The molecule has 2 heterocycles. The molecule has 21 heavy (non-hydrogen) atoms. The Morgan fingerprint density at radius 2 is 2.05 bits per heavy atom. The third-order valence-corrected chi connectivity index (χ3v) is 3.26. The molecule has 0 aliphatic rings. The Hall–Kier alpha value is -2.18. The molecule has 0 atom stereocenters. The molecule has 0 spiro atoms. The molecule has 6 nitrogen and oxygen atoms in total. The zero-order valence-electron chi connectivity index (χ0n) is 11.5. The molecule has 2 aromatic heterocycles. The van der Waals surface area contributed by atoms with Gasteiger partial charge < -0.3 is 14.6 Å². The van der Waals surface area contributed by atoms with Crippen LogP contribution in [0.25, 0.3) is 11.2 Å². The predicted octanol–water partition coefficient (Wildman–Crippen LogP) is 2.87. The van der Waals surface area contributed by atoms with Crippen molar-refractivity contribution in [2.24, 2.45) is 0 Å². The number of halogens is 1. The number of anilines is 2. The predicted molar refractivity (Wildman–Crippen MR) is 81.9 cm³/mol. The van der Waals surface area contributed by atoms with Gasteiger partial charge in [0.25, 0.3) is 0 Å². The molecule has 0 saturated carbocycles. The van der Waals surface area contributed by atoms with Gasteiger partial charge in [-0.05, 0) is 12.1 Å². The summed E-state index contributed by atoms with van der Waals surface area (Å²) in [7, 11) is 1.65. The van der Waals surface area contributed by atoms with Crippen molar-refractivity contribution in [3.8, 4) is 0 Å². The van der Waals surface area contributed by atoms with E-state index in [2.05, 4.69) is 20.3 Å². The molecule has 0 bridgehead atoms. The van der Waals surface area contributed by atoms with E-state index >= 15 is 0 Å². The fraction of sp³-hybridized carbons (Fsp3) is 0.214. The lowest BCUT2D eigenvalue weighted by atomic mass is 10.3. The van der Waals surface area contributed by atoms with Gasteiger partial charge in [0.05, 0.1) is 12.9 Å². The van der Waals surface area contributed by atoms with Crippen LogP contribution >= 0.6 is 11.6 Å². The summed E-state index contributed by atoms with van der Waals surface area (Å²) in [6, 6.07) is 9.67. The van der Waals surface area contributed by atoms with E-state index < -0.39 is 0 Å². The fourth-order valence-electron chi connectivity index (χ4n) is 2.00. The second-order valence-corrected chi connectivity index (χ2v) is 4.79. The molecule has 1 N–H and O–H groups in total. The number of para-hydroxylation sites is 1. The molecular formula is C14H14ClN5O. The molecule has 0 aliphatic carbocycles. The van der Waals surface area contributed by atoms with Gasteiger partial charge in [0.2, 0.25) is 5.95 Å². The number of nitrogens with one attached hydrogen (secondary N) is 1. The van der Waals surface area contributed by atoms with Crippen molar-refractivity contribution in [1.29, 1.82) is 0 Å². The first-order valence-corrected chi connectivity index (χ1v) is 6.85. The summed E-state index contributed by atoms with van der Waals surface area (Å²) >= 11 is 6.26. The first kappa shape index (κ1) is 13.8. The van der Waals surface area contributed by atoms with Crippen molar-refractivity contribution in [2.75, 3.05) is 19.0 Å². The quantitative estimate of drug-likeness (QED) is 0.734. The summed E-state index contributed by atoms with van der Waals surface area (Å²) in [6.07, 6.45) is 1.69. The Balaban J connectivity index is 1.93. The Kier molecular flexibility index (Phi) is 3.98. The van der Waals surface area contributed by atoms with Gasteiger partial charge in [-0.2, -0.15) is 9.97 Å². The van der Waals surface area contributed by atoms with Crippen molar-refractivity contribution in [1.82, 2.24) is 19.5 Å². The van der Waals surface area contributed by atoms with Crippen LogP contribution in [0.2, 0.25) is 5.15 Å². The average molecular weight is 304 g/mol. The number of aromatic nitrogens is 4. The lowest BCUT2D eigenvalue weighted by Gasteiger charge is -2.07. The zero-order chi connectivity index (χ0) is 14.7. The standard InChI is InChI=1S/C14H14ClN5O/c1-21-8-7-20-9-16-13-11(20)12(15)18-14(19-13)17-10-5-3-2-4-6-10/h2-6,9H,7-8H2,1H3,(H,17,18,19). The van der Waals surface area contributed by atoms with Gasteiger partial charge in [-0.1, -0.05) is 29.8 Å². The van der Waals surface area contributed by atoms with Gasteiger partial charge in [-0.25, -0.2) is 4.98 Å². The minimum Gasteiger partial charge on any atom is -0.383 e. The number of nitrogens with zero attached hydrogens (tertiary/aromatic N) is 4. The maximum atomic E-state index is 6.26. The van der Waals surface area contributed by atoms with Crippen LogP contribution in [0.3, 0.4) is 0 Å². The van der Waals surface area contributed by atoms with Crippen LogP contribution in [0.5, 0.6) is 0 Å². The summed E-state index contributed by atoms with van der Waals surface area (Å²) in [5.74, 6) is 0.427. The number of imidazole rings is 1. The zero-order valence-corrected chi connectivity index (χ0v) is 12.2.